The Bertz CT molecular complexity index is 203. The van der Waals surface area contributed by atoms with Gasteiger partial charge in [-0.15, -0.1) is 0 Å². The average Bonchev–Trinajstić information content (AvgIpc) is 2.15. The SMILES string of the molecule is CNc1occ(C)c1C. The first kappa shape index (κ1) is 6.20. The standard InChI is InChI=1S/C7H11NO/c1-5-4-9-7(8-3)6(5)2/h4,8H,1-3H3. The van der Waals surface area contributed by atoms with Crippen LogP contribution in [0.15, 0.2) is 10.7 Å². The molecule has 0 bridgehead atoms. The number of hydrogen-bond acceptors (Lipinski definition) is 2. The van der Waals surface area contributed by atoms with Gasteiger partial charge in [-0.3, -0.25) is 0 Å². The van der Waals surface area contributed by atoms with Crippen LogP contribution in [0.2, 0.25) is 0 Å². The Balaban J connectivity index is 3.04. The molecule has 0 aliphatic carbocycles. The van der Waals surface area contributed by atoms with E-state index in [2.05, 4.69) is 5.32 Å². The van der Waals surface area contributed by atoms with Gasteiger partial charge in [0, 0.05) is 12.6 Å². The lowest BCUT2D eigenvalue weighted by atomic mass is 10.2. The molecule has 9 heavy (non-hydrogen) atoms. The summed E-state index contributed by atoms with van der Waals surface area (Å²) in [6, 6.07) is 0. The summed E-state index contributed by atoms with van der Waals surface area (Å²) < 4.78 is 5.13. The summed E-state index contributed by atoms with van der Waals surface area (Å²) in [6.07, 6.45) is 1.75. The quantitative estimate of drug-likeness (QED) is 0.620. The van der Waals surface area contributed by atoms with Crippen molar-refractivity contribution in [3.05, 3.63) is 17.4 Å². The van der Waals surface area contributed by atoms with Crippen molar-refractivity contribution in [2.45, 2.75) is 13.8 Å². The third-order valence-electron chi connectivity index (χ3n) is 1.51. The molecule has 1 aromatic rings. The summed E-state index contributed by atoms with van der Waals surface area (Å²) in [4.78, 5) is 0. The third-order valence-corrected chi connectivity index (χ3v) is 1.51. The second-order valence-electron chi connectivity index (χ2n) is 2.12. The molecule has 0 atom stereocenters. The zero-order valence-electron chi connectivity index (χ0n) is 5.99. The first-order valence-corrected chi connectivity index (χ1v) is 2.98. The first-order valence-electron chi connectivity index (χ1n) is 2.98. The second-order valence-corrected chi connectivity index (χ2v) is 2.12. The molecule has 2 nitrogen and oxygen atoms in total. The molecule has 0 amide bonds. The summed E-state index contributed by atoms with van der Waals surface area (Å²) in [5, 5.41) is 2.95. The van der Waals surface area contributed by atoms with Gasteiger partial charge in [0.1, 0.15) is 0 Å². The molecular weight excluding hydrogens is 114 g/mol. The van der Waals surface area contributed by atoms with Gasteiger partial charge in [-0.1, -0.05) is 0 Å². The maximum absolute atomic E-state index is 5.13. The van der Waals surface area contributed by atoms with Crippen molar-refractivity contribution >= 4 is 5.88 Å². The summed E-state index contributed by atoms with van der Waals surface area (Å²) in [6.45, 7) is 4.06. The van der Waals surface area contributed by atoms with E-state index in [1.165, 1.54) is 11.1 Å². The van der Waals surface area contributed by atoms with Gasteiger partial charge in [0.15, 0.2) is 5.88 Å². The fraction of sp³-hybridized carbons (Fsp3) is 0.429. The van der Waals surface area contributed by atoms with Gasteiger partial charge >= 0.3 is 0 Å². The van der Waals surface area contributed by atoms with Gasteiger partial charge in [-0.05, 0) is 19.4 Å². The summed E-state index contributed by atoms with van der Waals surface area (Å²) in [5.41, 5.74) is 2.39. The van der Waals surface area contributed by atoms with Gasteiger partial charge in [0.25, 0.3) is 0 Å². The van der Waals surface area contributed by atoms with E-state index < -0.39 is 0 Å². The van der Waals surface area contributed by atoms with E-state index in [-0.39, 0.29) is 0 Å². The van der Waals surface area contributed by atoms with E-state index in [1.807, 2.05) is 20.9 Å². The van der Waals surface area contributed by atoms with Crippen LogP contribution in [0.25, 0.3) is 0 Å². The Labute approximate surface area is 54.9 Å². The molecule has 0 saturated heterocycles. The normalized spacial score (nSPS) is 9.67. The number of anilines is 1. The van der Waals surface area contributed by atoms with Crippen molar-refractivity contribution in [3.63, 3.8) is 0 Å². The van der Waals surface area contributed by atoms with Crippen LogP contribution in [0.4, 0.5) is 5.88 Å². The fourth-order valence-electron chi connectivity index (χ4n) is 0.750. The third kappa shape index (κ3) is 0.922. The Kier molecular flexibility index (Phi) is 1.47. The zero-order chi connectivity index (χ0) is 6.85. The molecule has 0 spiro atoms. The van der Waals surface area contributed by atoms with E-state index >= 15 is 0 Å². The minimum absolute atomic E-state index is 0.868. The number of furan rings is 1. The summed E-state index contributed by atoms with van der Waals surface area (Å²) in [7, 11) is 1.85. The van der Waals surface area contributed by atoms with E-state index in [0.29, 0.717) is 0 Å². The Morgan fingerprint density at radius 3 is 2.33 bits per heavy atom. The van der Waals surface area contributed by atoms with Crippen molar-refractivity contribution < 1.29 is 4.42 Å². The highest BCUT2D eigenvalue weighted by Crippen LogP contribution is 2.18. The van der Waals surface area contributed by atoms with E-state index in [0.717, 1.165) is 5.88 Å². The molecule has 0 radical (unpaired) electrons. The monoisotopic (exact) mass is 125 g/mol. The molecule has 2 heteroatoms. The van der Waals surface area contributed by atoms with Crippen LogP contribution in [0.5, 0.6) is 0 Å². The predicted octanol–water partition coefficient (Wildman–Crippen LogP) is 1.94. The van der Waals surface area contributed by atoms with Crippen LogP contribution in [0.3, 0.4) is 0 Å². The Hall–Kier alpha value is -0.920. The Morgan fingerprint density at radius 2 is 2.11 bits per heavy atom. The smallest absolute Gasteiger partial charge is 0.195 e. The molecule has 0 aromatic carbocycles. The number of hydrogen-bond donors (Lipinski definition) is 1. The predicted molar refractivity (Wildman–Crippen MR) is 37.7 cm³/mol. The number of aryl methyl sites for hydroxylation is 1. The van der Waals surface area contributed by atoms with E-state index in [9.17, 15) is 0 Å². The van der Waals surface area contributed by atoms with E-state index in [1.54, 1.807) is 6.26 Å². The van der Waals surface area contributed by atoms with Crippen LogP contribution in [-0.2, 0) is 0 Å². The number of rotatable bonds is 1. The highest BCUT2D eigenvalue weighted by molar-refractivity contribution is 5.43. The Morgan fingerprint density at radius 1 is 1.44 bits per heavy atom. The maximum Gasteiger partial charge on any atom is 0.195 e. The van der Waals surface area contributed by atoms with Gasteiger partial charge in [0.05, 0.1) is 6.26 Å². The second kappa shape index (κ2) is 2.13. The van der Waals surface area contributed by atoms with Crippen LogP contribution < -0.4 is 5.32 Å². The average molecular weight is 125 g/mol. The molecule has 0 aliphatic heterocycles. The van der Waals surface area contributed by atoms with Crippen molar-refractivity contribution in [2.24, 2.45) is 0 Å². The van der Waals surface area contributed by atoms with Crippen LogP contribution >= 0.6 is 0 Å². The minimum Gasteiger partial charge on any atom is -0.448 e. The van der Waals surface area contributed by atoms with Crippen LogP contribution in [-0.4, -0.2) is 7.05 Å². The molecule has 0 saturated carbocycles. The fourth-order valence-corrected chi connectivity index (χ4v) is 0.750. The molecule has 0 unspecified atom stereocenters. The highest BCUT2D eigenvalue weighted by atomic mass is 16.3. The molecule has 1 N–H and O–H groups in total. The summed E-state index contributed by atoms with van der Waals surface area (Å²) >= 11 is 0. The molecule has 50 valence electrons. The van der Waals surface area contributed by atoms with Crippen molar-refractivity contribution in [1.82, 2.24) is 0 Å². The molecule has 0 fully saturated rings. The lowest BCUT2D eigenvalue weighted by Crippen LogP contribution is -1.86. The minimum atomic E-state index is 0.868. The largest absolute Gasteiger partial charge is 0.448 e. The highest BCUT2D eigenvalue weighted by Gasteiger charge is 2.01. The van der Waals surface area contributed by atoms with Gasteiger partial charge in [-0.25, -0.2) is 0 Å². The van der Waals surface area contributed by atoms with Gasteiger partial charge in [-0.2, -0.15) is 0 Å². The van der Waals surface area contributed by atoms with Crippen molar-refractivity contribution in [1.29, 1.82) is 0 Å². The lowest BCUT2D eigenvalue weighted by Gasteiger charge is -1.92. The maximum atomic E-state index is 5.13. The lowest BCUT2D eigenvalue weighted by molar-refractivity contribution is 0.580. The molecule has 1 heterocycles. The van der Waals surface area contributed by atoms with Crippen LogP contribution in [0, 0.1) is 13.8 Å². The zero-order valence-corrected chi connectivity index (χ0v) is 5.99. The molecule has 1 rings (SSSR count). The summed E-state index contributed by atoms with van der Waals surface area (Å²) in [5.74, 6) is 0.868. The van der Waals surface area contributed by atoms with Crippen LogP contribution in [0.1, 0.15) is 11.1 Å². The first-order chi connectivity index (χ1) is 4.25. The molecular formula is C7H11NO. The van der Waals surface area contributed by atoms with Gasteiger partial charge in [0.2, 0.25) is 0 Å². The van der Waals surface area contributed by atoms with Crippen molar-refractivity contribution in [3.8, 4) is 0 Å². The van der Waals surface area contributed by atoms with Gasteiger partial charge < -0.3 is 9.73 Å². The number of nitrogens with one attached hydrogen (secondary N) is 1. The van der Waals surface area contributed by atoms with Crippen molar-refractivity contribution in [2.75, 3.05) is 12.4 Å². The van der Waals surface area contributed by atoms with E-state index in [4.69, 9.17) is 4.42 Å². The molecule has 1 aromatic heterocycles. The topological polar surface area (TPSA) is 25.2 Å². The molecule has 0 aliphatic rings.